The van der Waals surface area contributed by atoms with Gasteiger partial charge in [-0.05, 0) is 49.9 Å². The van der Waals surface area contributed by atoms with Crippen LogP contribution in [0, 0.1) is 0 Å². The molecule has 0 aliphatic heterocycles. The zero-order valence-electron chi connectivity index (χ0n) is 11.5. The third kappa shape index (κ3) is 2.68. The van der Waals surface area contributed by atoms with E-state index in [2.05, 4.69) is 26.0 Å². The molecule has 0 spiro atoms. The van der Waals surface area contributed by atoms with Gasteiger partial charge >= 0.3 is 0 Å². The molecular weight excluding hydrogens is 226 g/mol. The van der Waals surface area contributed by atoms with Gasteiger partial charge < -0.3 is 15.2 Å². The van der Waals surface area contributed by atoms with Crippen LogP contribution >= 0.6 is 0 Å². The van der Waals surface area contributed by atoms with Crippen LogP contribution in [0.3, 0.4) is 0 Å². The normalized spacial score (nSPS) is 22.9. The Hall–Kier alpha value is -1.06. The van der Waals surface area contributed by atoms with Crippen LogP contribution in [0.4, 0.5) is 0 Å². The van der Waals surface area contributed by atoms with Crippen molar-refractivity contribution in [3.8, 4) is 5.75 Å². The highest BCUT2D eigenvalue weighted by molar-refractivity contribution is 5.38. The molecule has 1 aliphatic carbocycles. The fourth-order valence-electron chi connectivity index (χ4n) is 2.76. The lowest BCUT2D eigenvalue weighted by Crippen LogP contribution is -2.47. The molecule has 2 rings (SSSR count). The molecule has 0 saturated heterocycles. The number of nitrogens with two attached hydrogens (primary N) is 1. The largest absolute Gasteiger partial charge is 0.497 e. The monoisotopic (exact) mass is 249 g/mol. The highest BCUT2D eigenvalue weighted by Gasteiger charge is 2.35. The number of benzene rings is 1. The number of methoxy groups -OCH3 is 1. The maximum absolute atomic E-state index is 6.09. The van der Waals surface area contributed by atoms with Crippen LogP contribution in [0.25, 0.3) is 0 Å². The van der Waals surface area contributed by atoms with Gasteiger partial charge in [-0.15, -0.1) is 0 Å². The van der Waals surface area contributed by atoms with E-state index in [4.69, 9.17) is 15.2 Å². The minimum absolute atomic E-state index is 0.201. The number of ether oxygens (including phenoxy) is 2. The lowest BCUT2D eigenvalue weighted by molar-refractivity contribution is -0.0818. The first kappa shape index (κ1) is 13.4. The van der Waals surface area contributed by atoms with Gasteiger partial charge in [0.25, 0.3) is 0 Å². The second-order valence-corrected chi connectivity index (χ2v) is 5.37. The van der Waals surface area contributed by atoms with E-state index in [-0.39, 0.29) is 11.7 Å². The van der Waals surface area contributed by atoms with E-state index in [1.807, 2.05) is 6.07 Å². The number of hydrogen-bond donors (Lipinski definition) is 1. The Balaban J connectivity index is 2.25. The highest BCUT2D eigenvalue weighted by Crippen LogP contribution is 2.33. The van der Waals surface area contributed by atoms with E-state index < -0.39 is 0 Å². The molecule has 3 heteroatoms. The van der Waals surface area contributed by atoms with Crippen LogP contribution in [-0.4, -0.2) is 25.4 Å². The molecule has 1 aliphatic rings. The minimum Gasteiger partial charge on any atom is -0.497 e. The van der Waals surface area contributed by atoms with Gasteiger partial charge in [0.15, 0.2) is 0 Å². The van der Waals surface area contributed by atoms with E-state index in [0.29, 0.717) is 6.54 Å². The van der Waals surface area contributed by atoms with Gasteiger partial charge in [0.2, 0.25) is 0 Å². The molecule has 0 heterocycles. The third-order valence-corrected chi connectivity index (χ3v) is 3.63. The number of fused-ring (bicyclic) bond motifs is 1. The van der Waals surface area contributed by atoms with Crippen molar-refractivity contribution in [3.63, 3.8) is 0 Å². The van der Waals surface area contributed by atoms with E-state index in [9.17, 15) is 0 Å². The Kier molecular flexibility index (Phi) is 3.93. The Labute approximate surface area is 109 Å². The number of rotatable bonds is 4. The summed E-state index contributed by atoms with van der Waals surface area (Å²) in [5, 5.41) is 0. The second kappa shape index (κ2) is 5.29. The molecule has 1 atom stereocenters. The van der Waals surface area contributed by atoms with Crippen molar-refractivity contribution < 1.29 is 9.47 Å². The number of aryl methyl sites for hydroxylation is 1. The minimum atomic E-state index is -0.201. The summed E-state index contributed by atoms with van der Waals surface area (Å²) in [4.78, 5) is 0. The van der Waals surface area contributed by atoms with Gasteiger partial charge in [-0.25, -0.2) is 0 Å². The van der Waals surface area contributed by atoms with Crippen LogP contribution in [0.1, 0.15) is 31.4 Å². The summed E-state index contributed by atoms with van der Waals surface area (Å²) in [6.07, 6.45) is 3.12. The zero-order chi connectivity index (χ0) is 13.2. The molecule has 0 saturated carbocycles. The summed E-state index contributed by atoms with van der Waals surface area (Å²) < 4.78 is 11.4. The molecule has 2 N–H and O–H groups in total. The molecule has 0 amide bonds. The number of hydrogen-bond acceptors (Lipinski definition) is 3. The predicted octanol–water partition coefficient (Wildman–Crippen LogP) is 2.31. The van der Waals surface area contributed by atoms with Crippen molar-refractivity contribution in [2.45, 2.75) is 44.8 Å². The van der Waals surface area contributed by atoms with Crippen LogP contribution < -0.4 is 10.5 Å². The van der Waals surface area contributed by atoms with Crippen LogP contribution in [0.5, 0.6) is 5.75 Å². The fourth-order valence-corrected chi connectivity index (χ4v) is 2.76. The summed E-state index contributed by atoms with van der Waals surface area (Å²) >= 11 is 0. The summed E-state index contributed by atoms with van der Waals surface area (Å²) in [6.45, 7) is 4.71. The lowest BCUT2D eigenvalue weighted by atomic mass is 9.80. The molecule has 100 valence electrons. The first-order chi connectivity index (χ1) is 8.58. The topological polar surface area (TPSA) is 44.5 Å². The fraction of sp³-hybridized carbons (Fsp3) is 0.600. The SMILES string of the molecule is COc1ccc2c(c1)CC(CN)(OC(C)C)CC2. The zero-order valence-corrected chi connectivity index (χ0v) is 11.5. The molecule has 0 radical (unpaired) electrons. The first-order valence-corrected chi connectivity index (χ1v) is 6.62. The maximum Gasteiger partial charge on any atom is 0.119 e. The van der Waals surface area contributed by atoms with Crippen LogP contribution in [0.2, 0.25) is 0 Å². The molecule has 0 aromatic heterocycles. The standard InChI is InChI=1S/C15H23NO2/c1-11(2)18-15(10-16)7-6-12-4-5-14(17-3)8-13(12)9-15/h4-5,8,11H,6-7,9-10,16H2,1-3H3. The van der Waals surface area contributed by atoms with E-state index in [0.717, 1.165) is 25.0 Å². The average Bonchev–Trinajstić information content (AvgIpc) is 2.37. The van der Waals surface area contributed by atoms with Gasteiger partial charge in [0, 0.05) is 13.0 Å². The molecule has 1 unspecified atom stereocenters. The smallest absolute Gasteiger partial charge is 0.119 e. The summed E-state index contributed by atoms with van der Waals surface area (Å²) in [5.41, 5.74) is 8.46. The van der Waals surface area contributed by atoms with Crippen LogP contribution in [0.15, 0.2) is 18.2 Å². The Morgan fingerprint density at radius 3 is 2.72 bits per heavy atom. The molecule has 1 aromatic carbocycles. The van der Waals surface area contributed by atoms with Gasteiger partial charge in [-0.1, -0.05) is 6.07 Å². The van der Waals surface area contributed by atoms with Gasteiger partial charge in [-0.3, -0.25) is 0 Å². The lowest BCUT2D eigenvalue weighted by Gasteiger charge is -2.38. The average molecular weight is 249 g/mol. The van der Waals surface area contributed by atoms with Gasteiger partial charge in [-0.2, -0.15) is 0 Å². The maximum atomic E-state index is 6.09. The van der Waals surface area contributed by atoms with E-state index >= 15 is 0 Å². The van der Waals surface area contributed by atoms with Crippen molar-refractivity contribution in [1.29, 1.82) is 0 Å². The van der Waals surface area contributed by atoms with Crippen molar-refractivity contribution >= 4 is 0 Å². The molecular formula is C15H23NO2. The van der Waals surface area contributed by atoms with Gasteiger partial charge in [0.1, 0.15) is 5.75 Å². The Morgan fingerprint density at radius 1 is 1.33 bits per heavy atom. The quantitative estimate of drug-likeness (QED) is 0.890. The van der Waals surface area contributed by atoms with Crippen LogP contribution in [-0.2, 0) is 17.6 Å². The van der Waals surface area contributed by atoms with Crippen molar-refractivity contribution in [2.24, 2.45) is 5.73 Å². The summed E-state index contributed by atoms with van der Waals surface area (Å²) in [7, 11) is 1.70. The Morgan fingerprint density at radius 2 is 2.11 bits per heavy atom. The van der Waals surface area contributed by atoms with Crippen molar-refractivity contribution in [2.75, 3.05) is 13.7 Å². The van der Waals surface area contributed by atoms with E-state index in [1.54, 1.807) is 7.11 Å². The van der Waals surface area contributed by atoms with Crippen molar-refractivity contribution in [3.05, 3.63) is 29.3 Å². The summed E-state index contributed by atoms with van der Waals surface area (Å²) in [5.74, 6) is 0.908. The third-order valence-electron chi connectivity index (χ3n) is 3.63. The molecule has 3 nitrogen and oxygen atoms in total. The molecule has 18 heavy (non-hydrogen) atoms. The molecule has 1 aromatic rings. The Bertz CT molecular complexity index is 417. The second-order valence-electron chi connectivity index (χ2n) is 5.37. The molecule has 0 fully saturated rings. The summed E-state index contributed by atoms with van der Waals surface area (Å²) in [6, 6.07) is 6.30. The van der Waals surface area contributed by atoms with Crippen molar-refractivity contribution in [1.82, 2.24) is 0 Å². The molecule has 0 bridgehead atoms. The predicted molar refractivity (Wildman–Crippen MR) is 73.0 cm³/mol. The highest BCUT2D eigenvalue weighted by atomic mass is 16.5. The van der Waals surface area contributed by atoms with Gasteiger partial charge in [0.05, 0.1) is 18.8 Å². The first-order valence-electron chi connectivity index (χ1n) is 6.62. The van der Waals surface area contributed by atoms with E-state index in [1.165, 1.54) is 11.1 Å².